The molecule has 2 aromatic heterocycles. The van der Waals surface area contributed by atoms with E-state index in [0.29, 0.717) is 33.2 Å². The van der Waals surface area contributed by atoms with Gasteiger partial charge in [0.1, 0.15) is 5.69 Å². The number of fused-ring (bicyclic) bond motifs is 2. The Morgan fingerprint density at radius 2 is 1.88 bits per heavy atom. The van der Waals surface area contributed by atoms with Crippen LogP contribution in [-0.2, 0) is 4.79 Å². The number of anilines is 1. The van der Waals surface area contributed by atoms with Crippen LogP contribution < -0.4 is 11.1 Å². The molecule has 0 radical (unpaired) electrons. The lowest BCUT2D eigenvalue weighted by molar-refractivity contribution is -0.114. The van der Waals surface area contributed by atoms with Crippen molar-refractivity contribution in [3.05, 3.63) is 47.4 Å². The van der Waals surface area contributed by atoms with Crippen LogP contribution in [0.25, 0.3) is 33.1 Å². The highest BCUT2D eigenvalue weighted by Crippen LogP contribution is 2.44. The van der Waals surface area contributed by atoms with Crippen LogP contribution in [-0.4, -0.2) is 27.5 Å². The minimum atomic E-state index is -0.327. The van der Waals surface area contributed by atoms with Gasteiger partial charge in [0.25, 0.3) is 0 Å². The van der Waals surface area contributed by atoms with Crippen molar-refractivity contribution >= 4 is 39.1 Å². The summed E-state index contributed by atoms with van der Waals surface area (Å²) >= 11 is 0. The average molecular weight is 349 g/mol. The van der Waals surface area contributed by atoms with Gasteiger partial charge in [0, 0.05) is 27.5 Å². The Balaban J connectivity index is 1.96. The van der Waals surface area contributed by atoms with Crippen molar-refractivity contribution in [2.75, 3.05) is 11.9 Å². The summed E-state index contributed by atoms with van der Waals surface area (Å²) in [6.07, 6.45) is 0. The zero-order valence-electron chi connectivity index (χ0n) is 13.5. The fraction of sp³-hybridized carbons (Fsp3) is 0.0556. The van der Waals surface area contributed by atoms with Crippen LogP contribution in [0.15, 0.2) is 47.6 Å². The number of nitrogens with zero attached hydrogens (tertiary/aromatic N) is 1. The van der Waals surface area contributed by atoms with Gasteiger partial charge in [-0.3, -0.25) is 4.79 Å². The lowest BCUT2D eigenvalue weighted by Gasteiger charge is -2.04. The number of benzene rings is 2. The smallest absolute Gasteiger partial charge is 0.238 e. The molecule has 0 atom stereocenters. The van der Waals surface area contributed by atoms with Gasteiger partial charge in [-0.25, -0.2) is 0 Å². The molecule has 0 fully saturated rings. The van der Waals surface area contributed by atoms with Gasteiger partial charge in [0.15, 0.2) is 5.88 Å². The average Bonchev–Trinajstić information content (AvgIpc) is 3.17. The van der Waals surface area contributed by atoms with Crippen molar-refractivity contribution in [2.24, 2.45) is 10.9 Å². The van der Waals surface area contributed by atoms with E-state index in [1.165, 1.54) is 0 Å². The predicted molar refractivity (Wildman–Crippen MR) is 100 cm³/mol. The van der Waals surface area contributed by atoms with Gasteiger partial charge in [0.05, 0.1) is 17.8 Å². The third kappa shape index (κ3) is 2.40. The number of para-hydroxylation sites is 1. The Labute approximate surface area is 147 Å². The molecule has 8 nitrogen and oxygen atoms in total. The number of H-pyrrole nitrogens is 2. The van der Waals surface area contributed by atoms with Gasteiger partial charge in [-0.15, -0.1) is 4.91 Å². The molecule has 130 valence electrons. The van der Waals surface area contributed by atoms with E-state index in [-0.39, 0.29) is 24.0 Å². The molecule has 2 heterocycles. The third-order valence-corrected chi connectivity index (χ3v) is 4.27. The van der Waals surface area contributed by atoms with E-state index in [4.69, 9.17) is 5.73 Å². The van der Waals surface area contributed by atoms with Crippen LogP contribution in [0.2, 0.25) is 0 Å². The molecule has 0 saturated carbocycles. The number of hydrogen-bond donors (Lipinski definition) is 5. The number of rotatable bonds is 4. The molecule has 4 aromatic rings. The number of aromatic nitrogens is 2. The van der Waals surface area contributed by atoms with Gasteiger partial charge in [-0.2, -0.15) is 0 Å². The second-order valence-corrected chi connectivity index (χ2v) is 5.85. The van der Waals surface area contributed by atoms with Crippen molar-refractivity contribution in [3.8, 4) is 17.1 Å². The van der Waals surface area contributed by atoms with Crippen molar-refractivity contribution in [1.82, 2.24) is 9.97 Å². The molecular weight excluding hydrogens is 334 g/mol. The Morgan fingerprint density at radius 1 is 1.12 bits per heavy atom. The number of hydrogen-bond acceptors (Lipinski definition) is 5. The molecule has 0 aliphatic rings. The molecule has 4 rings (SSSR count). The summed E-state index contributed by atoms with van der Waals surface area (Å²) in [5.41, 5.74) is 8.28. The number of carbonyl (C=O) groups is 1. The Kier molecular flexibility index (Phi) is 3.67. The Bertz CT molecular complexity index is 1160. The minimum absolute atomic E-state index is 0.0984. The second kappa shape index (κ2) is 6.01. The summed E-state index contributed by atoms with van der Waals surface area (Å²) in [6.45, 7) is -0.134. The van der Waals surface area contributed by atoms with Gasteiger partial charge in [-0.05, 0) is 29.4 Å². The van der Waals surface area contributed by atoms with E-state index in [9.17, 15) is 14.8 Å². The number of carbonyl (C=O) groups excluding carboxylic acids is 1. The number of nitrogens with two attached hydrogens (primary N) is 1. The molecule has 0 aliphatic carbocycles. The van der Waals surface area contributed by atoms with E-state index in [0.717, 1.165) is 5.52 Å². The van der Waals surface area contributed by atoms with Crippen LogP contribution in [0.5, 0.6) is 5.88 Å². The number of nitroso groups, excluding NO2 is 1. The zero-order valence-corrected chi connectivity index (χ0v) is 13.5. The fourth-order valence-corrected chi connectivity index (χ4v) is 3.12. The molecule has 8 heteroatoms. The maximum absolute atomic E-state index is 11.5. The minimum Gasteiger partial charge on any atom is -0.494 e. The van der Waals surface area contributed by atoms with Crippen molar-refractivity contribution < 1.29 is 9.90 Å². The fourth-order valence-electron chi connectivity index (χ4n) is 3.12. The molecule has 1 amide bonds. The molecular formula is C18H15N5O3. The van der Waals surface area contributed by atoms with E-state index < -0.39 is 0 Å². The summed E-state index contributed by atoms with van der Waals surface area (Å²) in [5.74, 6) is -0.426. The molecule has 6 N–H and O–H groups in total. The van der Waals surface area contributed by atoms with Crippen molar-refractivity contribution in [3.63, 3.8) is 0 Å². The lowest BCUT2D eigenvalue weighted by atomic mass is 10.1. The first kappa shape index (κ1) is 15.9. The normalized spacial score (nSPS) is 11.1. The summed E-state index contributed by atoms with van der Waals surface area (Å²) in [6, 6.07) is 12.4. The molecule has 0 saturated heterocycles. The topological polar surface area (TPSA) is 136 Å². The molecule has 0 bridgehead atoms. The molecule has 0 unspecified atom stereocenters. The number of nitrogens with one attached hydrogen (secondary N) is 3. The molecule has 26 heavy (non-hydrogen) atoms. The van der Waals surface area contributed by atoms with Crippen LogP contribution in [0.3, 0.4) is 0 Å². The number of aromatic hydroxyl groups is 1. The maximum Gasteiger partial charge on any atom is 0.238 e. The molecule has 2 aromatic carbocycles. The van der Waals surface area contributed by atoms with Gasteiger partial charge < -0.3 is 26.1 Å². The first-order chi connectivity index (χ1) is 12.6. The van der Waals surface area contributed by atoms with Crippen LogP contribution in [0, 0.1) is 4.91 Å². The highest BCUT2D eigenvalue weighted by Gasteiger charge is 2.21. The first-order valence-corrected chi connectivity index (χ1v) is 7.91. The molecule has 0 aliphatic heterocycles. The highest BCUT2D eigenvalue weighted by atomic mass is 16.3. The number of amides is 1. The lowest BCUT2D eigenvalue weighted by Crippen LogP contribution is -2.21. The maximum atomic E-state index is 11.5. The third-order valence-electron chi connectivity index (χ3n) is 4.27. The summed E-state index contributed by atoms with van der Waals surface area (Å²) in [5, 5.41) is 17.6. The zero-order chi connectivity index (χ0) is 18.3. The summed E-state index contributed by atoms with van der Waals surface area (Å²) in [4.78, 5) is 29.0. The monoisotopic (exact) mass is 349 g/mol. The van der Waals surface area contributed by atoms with E-state index in [1.807, 2.05) is 18.2 Å². The quantitative estimate of drug-likeness (QED) is 0.361. The SMILES string of the molecule is NCC(=O)Nc1ccc2[nH]c(O)c(-c3[nH]c4ccccc4c3N=O)c2c1. The Hall–Kier alpha value is -3.65. The van der Waals surface area contributed by atoms with E-state index >= 15 is 0 Å². The van der Waals surface area contributed by atoms with Crippen molar-refractivity contribution in [1.29, 1.82) is 0 Å². The standard InChI is InChI=1S/C18H15N5O3/c19-8-14(24)20-9-5-6-13-11(7-9)15(18(25)22-13)17-16(23-26)10-3-1-2-4-12(10)21-17/h1-7,21-22,25H,8,19H2,(H,20,24). The van der Waals surface area contributed by atoms with Crippen LogP contribution >= 0.6 is 0 Å². The molecule has 0 spiro atoms. The first-order valence-electron chi connectivity index (χ1n) is 7.91. The van der Waals surface area contributed by atoms with Gasteiger partial charge >= 0.3 is 0 Å². The largest absolute Gasteiger partial charge is 0.494 e. The van der Waals surface area contributed by atoms with Crippen LogP contribution in [0.1, 0.15) is 0 Å². The van der Waals surface area contributed by atoms with E-state index in [2.05, 4.69) is 20.5 Å². The highest BCUT2D eigenvalue weighted by molar-refractivity contribution is 6.08. The number of aromatic amines is 2. The Morgan fingerprint density at radius 3 is 2.65 bits per heavy atom. The second-order valence-electron chi connectivity index (χ2n) is 5.85. The van der Waals surface area contributed by atoms with E-state index in [1.54, 1.807) is 24.3 Å². The predicted octanol–water partition coefficient (Wildman–Crippen LogP) is 3.32. The van der Waals surface area contributed by atoms with Gasteiger partial charge in [0.2, 0.25) is 5.91 Å². The van der Waals surface area contributed by atoms with Crippen molar-refractivity contribution in [2.45, 2.75) is 0 Å². The van der Waals surface area contributed by atoms with Crippen LogP contribution in [0.4, 0.5) is 11.4 Å². The summed E-state index contributed by atoms with van der Waals surface area (Å²) in [7, 11) is 0. The summed E-state index contributed by atoms with van der Waals surface area (Å²) < 4.78 is 0. The van der Waals surface area contributed by atoms with Gasteiger partial charge in [-0.1, -0.05) is 18.2 Å².